The largest absolute Gasteiger partial charge is 0.344 e. The van der Waals surface area contributed by atoms with Crippen molar-refractivity contribution in [2.24, 2.45) is 5.92 Å². The number of carbonyl (C=O) groups excluding carboxylic acids is 2. The molecule has 40 heavy (non-hydrogen) atoms. The molecule has 0 radical (unpaired) electrons. The third kappa shape index (κ3) is 4.74. The van der Waals surface area contributed by atoms with Crippen molar-refractivity contribution in [3.63, 3.8) is 0 Å². The van der Waals surface area contributed by atoms with Crippen molar-refractivity contribution >= 4 is 45.5 Å². The molecular formula is C28H24ClN9O2. The first-order valence-electron chi connectivity index (χ1n) is 12.8. The number of hydrogen-bond donors (Lipinski definition) is 2. The highest BCUT2D eigenvalue weighted by molar-refractivity contribution is 6.31. The Kier molecular flexibility index (Phi) is 6.61. The molecule has 1 aliphatic heterocycles. The van der Waals surface area contributed by atoms with E-state index < -0.39 is 11.9 Å². The standard InChI is InChI=1S/C28H24ClN9O2/c1-16(28(40)37-14-17(11-30)15-37)34-27(39)21-12-32-26-25(21)35-22(13-33-26)24-20-6-5-18(29)10-23(20)38(36-24)9-7-19-4-2-3-8-31-19/h2-6,8,10,12-13,16-17H,7,9,14-15H2,1H3,(H,32,33)(H,34,39)/t16-/m1/s1. The molecule has 5 aromatic rings. The number of hydrogen-bond acceptors (Lipinski definition) is 7. The first-order chi connectivity index (χ1) is 19.4. The Labute approximate surface area is 233 Å². The lowest BCUT2D eigenvalue weighted by atomic mass is 10.0. The van der Waals surface area contributed by atoms with Crippen LogP contribution in [-0.4, -0.2) is 65.6 Å². The molecule has 6 rings (SSSR count). The highest BCUT2D eigenvalue weighted by Gasteiger charge is 2.33. The molecule has 2 amide bonds. The van der Waals surface area contributed by atoms with E-state index in [1.165, 1.54) is 6.20 Å². The van der Waals surface area contributed by atoms with Crippen LogP contribution in [-0.2, 0) is 17.8 Å². The average molecular weight is 554 g/mol. The molecule has 2 N–H and O–H groups in total. The minimum absolute atomic E-state index is 0.153. The Morgan fingerprint density at radius 2 is 2.10 bits per heavy atom. The van der Waals surface area contributed by atoms with Crippen molar-refractivity contribution in [1.82, 2.24) is 39.9 Å². The molecular weight excluding hydrogens is 530 g/mol. The average Bonchev–Trinajstić information content (AvgIpc) is 3.52. The third-order valence-electron chi connectivity index (χ3n) is 6.98. The Hall–Kier alpha value is -4.82. The first kappa shape index (κ1) is 25.5. The van der Waals surface area contributed by atoms with Crippen molar-refractivity contribution in [2.75, 3.05) is 13.1 Å². The van der Waals surface area contributed by atoms with Gasteiger partial charge >= 0.3 is 0 Å². The molecule has 11 nitrogen and oxygen atoms in total. The van der Waals surface area contributed by atoms with Crippen LogP contribution in [0.5, 0.6) is 0 Å². The van der Waals surface area contributed by atoms with Crippen LogP contribution in [0.4, 0.5) is 0 Å². The van der Waals surface area contributed by atoms with Gasteiger partial charge in [0.2, 0.25) is 5.91 Å². The molecule has 0 bridgehead atoms. The van der Waals surface area contributed by atoms with Gasteiger partial charge in [0.15, 0.2) is 5.65 Å². The van der Waals surface area contributed by atoms with Crippen LogP contribution in [0.1, 0.15) is 23.0 Å². The number of fused-ring (bicyclic) bond motifs is 2. The van der Waals surface area contributed by atoms with Crippen LogP contribution in [0.3, 0.4) is 0 Å². The lowest BCUT2D eigenvalue weighted by Gasteiger charge is -2.37. The number of aromatic nitrogens is 6. The van der Waals surface area contributed by atoms with Crippen molar-refractivity contribution in [3.8, 4) is 17.5 Å². The number of amides is 2. The summed E-state index contributed by atoms with van der Waals surface area (Å²) in [5, 5.41) is 18.0. The van der Waals surface area contributed by atoms with Crippen LogP contribution in [0.2, 0.25) is 5.02 Å². The van der Waals surface area contributed by atoms with Crippen LogP contribution in [0.25, 0.3) is 33.5 Å². The van der Waals surface area contributed by atoms with Crippen LogP contribution >= 0.6 is 11.6 Å². The first-order valence-corrected chi connectivity index (χ1v) is 13.2. The summed E-state index contributed by atoms with van der Waals surface area (Å²) < 4.78 is 1.88. The van der Waals surface area contributed by atoms with Gasteiger partial charge in [-0.05, 0) is 37.3 Å². The number of H-pyrrole nitrogens is 1. The number of halogens is 1. The lowest BCUT2D eigenvalue weighted by Crippen LogP contribution is -2.55. The van der Waals surface area contributed by atoms with Gasteiger partial charge in [-0.2, -0.15) is 10.4 Å². The van der Waals surface area contributed by atoms with Gasteiger partial charge in [-0.15, -0.1) is 0 Å². The fourth-order valence-electron chi connectivity index (χ4n) is 4.80. The molecule has 0 aliphatic carbocycles. The van der Waals surface area contributed by atoms with E-state index in [9.17, 15) is 9.59 Å². The number of aryl methyl sites for hydroxylation is 2. The number of rotatable bonds is 7. The Morgan fingerprint density at radius 3 is 2.88 bits per heavy atom. The summed E-state index contributed by atoms with van der Waals surface area (Å²) >= 11 is 6.32. The number of carbonyl (C=O) groups is 2. The van der Waals surface area contributed by atoms with Gasteiger partial charge in [0.05, 0.1) is 29.3 Å². The second-order valence-electron chi connectivity index (χ2n) is 9.72. The van der Waals surface area contributed by atoms with E-state index in [-0.39, 0.29) is 17.4 Å². The van der Waals surface area contributed by atoms with E-state index >= 15 is 0 Å². The summed E-state index contributed by atoms with van der Waals surface area (Å²) in [5.74, 6) is -0.832. The molecule has 5 heterocycles. The normalized spacial score (nSPS) is 14.2. The van der Waals surface area contributed by atoms with Gasteiger partial charge in [0.1, 0.15) is 22.9 Å². The number of aromatic amines is 1. The summed E-state index contributed by atoms with van der Waals surface area (Å²) in [5.41, 5.74) is 3.99. The van der Waals surface area contributed by atoms with E-state index in [1.807, 2.05) is 35.0 Å². The van der Waals surface area contributed by atoms with Gasteiger partial charge < -0.3 is 15.2 Å². The monoisotopic (exact) mass is 553 g/mol. The maximum atomic E-state index is 13.1. The fourth-order valence-corrected chi connectivity index (χ4v) is 4.97. The molecule has 0 unspecified atom stereocenters. The zero-order valence-corrected chi connectivity index (χ0v) is 22.3. The van der Waals surface area contributed by atoms with E-state index in [1.54, 1.807) is 30.3 Å². The molecule has 0 saturated carbocycles. The quantitative estimate of drug-likeness (QED) is 0.314. The zero-order valence-electron chi connectivity index (χ0n) is 21.5. The molecule has 4 aromatic heterocycles. The molecule has 1 saturated heterocycles. The number of nitriles is 1. The lowest BCUT2D eigenvalue weighted by molar-refractivity contribution is -0.137. The predicted molar refractivity (Wildman–Crippen MR) is 148 cm³/mol. The summed E-state index contributed by atoms with van der Waals surface area (Å²) in [6, 6.07) is 12.7. The summed E-state index contributed by atoms with van der Waals surface area (Å²) in [6.45, 7) is 2.97. The molecule has 200 valence electrons. The molecule has 0 spiro atoms. The summed E-state index contributed by atoms with van der Waals surface area (Å²) in [6.07, 6.45) is 5.59. The van der Waals surface area contributed by atoms with E-state index in [0.717, 1.165) is 16.6 Å². The minimum Gasteiger partial charge on any atom is -0.344 e. The van der Waals surface area contributed by atoms with Crippen molar-refractivity contribution in [1.29, 1.82) is 5.26 Å². The second-order valence-corrected chi connectivity index (χ2v) is 10.2. The van der Waals surface area contributed by atoms with Gasteiger partial charge in [-0.25, -0.2) is 9.97 Å². The Morgan fingerprint density at radius 1 is 1.25 bits per heavy atom. The summed E-state index contributed by atoms with van der Waals surface area (Å²) in [4.78, 5) is 44.0. The Balaban J connectivity index is 1.28. The van der Waals surface area contributed by atoms with Crippen LogP contribution in [0, 0.1) is 17.2 Å². The smallest absolute Gasteiger partial charge is 0.255 e. The predicted octanol–water partition coefficient (Wildman–Crippen LogP) is 3.37. The van der Waals surface area contributed by atoms with Crippen molar-refractivity contribution < 1.29 is 9.59 Å². The highest BCUT2D eigenvalue weighted by Crippen LogP contribution is 2.30. The zero-order chi connectivity index (χ0) is 27.8. The molecule has 12 heteroatoms. The second kappa shape index (κ2) is 10.4. The number of nitrogens with zero attached hydrogens (tertiary/aromatic N) is 7. The third-order valence-corrected chi connectivity index (χ3v) is 7.22. The van der Waals surface area contributed by atoms with Gasteiger partial charge in [0.25, 0.3) is 5.91 Å². The SMILES string of the molecule is C[C@@H](NC(=O)c1c[nH]c2ncc(-c3nn(CCc4ccccn4)c4cc(Cl)ccc34)nc12)C(=O)N1CC(C#N)C1. The minimum atomic E-state index is -0.753. The maximum absolute atomic E-state index is 13.1. The molecule has 1 atom stereocenters. The Bertz CT molecular complexity index is 1780. The topological polar surface area (TPSA) is 145 Å². The van der Waals surface area contributed by atoms with E-state index in [0.29, 0.717) is 53.6 Å². The molecule has 1 aliphatic rings. The summed E-state index contributed by atoms with van der Waals surface area (Å²) in [7, 11) is 0. The van der Waals surface area contributed by atoms with Crippen molar-refractivity contribution in [3.05, 3.63) is 71.3 Å². The van der Waals surface area contributed by atoms with Crippen molar-refractivity contribution in [2.45, 2.75) is 25.9 Å². The van der Waals surface area contributed by atoms with Crippen LogP contribution < -0.4 is 5.32 Å². The van der Waals surface area contributed by atoms with Gasteiger partial charge in [-0.3, -0.25) is 19.3 Å². The maximum Gasteiger partial charge on any atom is 0.255 e. The number of pyridine rings is 1. The number of benzene rings is 1. The molecule has 1 fully saturated rings. The van der Waals surface area contributed by atoms with E-state index in [4.69, 9.17) is 26.9 Å². The number of likely N-dealkylation sites (tertiary alicyclic amines) is 1. The van der Waals surface area contributed by atoms with Crippen LogP contribution in [0.15, 0.2) is 55.0 Å². The molecule has 1 aromatic carbocycles. The van der Waals surface area contributed by atoms with Gasteiger partial charge in [-0.1, -0.05) is 17.7 Å². The van der Waals surface area contributed by atoms with Gasteiger partial charge in [0, 0.05) is 54.6 Å². The highest BCUT2D eigenvalue weighted by atomic mass is 35.5. The fraction of sp³-hybridized carbons (Fsp3) is 0.250. The number of nitrogens with one attached hydrogen (secondary N) is 2. The van der Waals surface area contributed by atoms with E-state index in [2.05, 4.69) is 26.3 Å².